The van der Waals surface area contributed by atoms with Crippen LogP contribution < -0.4 is 5.32 Å². The van der Waals surface area contributed by atoms with Gasteiger partial charge in [0.05, 0.1) is 0 Å². The zero-order valence-electron chi connectivity index (χ0n) is 10.1. The van der Waals surface area contributed by atoms with Gasteiger partial charge < -0.3 is 5.32 Å². The summed E-state index contributed by atoms with van der Waals surface area (Å²) in [5.41, 5.74) is 2.66. The molecule has 2 aromatic carbocycles. The van der Waals surface area contributed by atoms with Gasteiger partial charge in [-0.15, -0.1) is 11.6 Å². The largest absolute Gasteiger partial charge is 0.325 e. The Hall–Kier alpha value is -1.80. The highest BCUT2D eigenvalue weighted by Crippen LogP contribution is 2.22. The number of anilines is 1. The first-order valence-corrected chi connectivity index (χ1v) is 6.17. The molecule has 0 heterocycles. The number of halogens is 1. The van der Waals surface area contributed by atoms with Crippen LogP contribution >= 0.6 is 11.6 Å². The summed E-state index contributed by atoms with van der Waals surface area (Å²) >= 11 is 6.13. The minimum absolute atomic E-state index is 0.214. The lowest BCUT2D eigenvalue weighted by Crippen LogP contribution is -2.17. The Labute approximate surface area is 112 Å². The summed E-state index contributed by atoms with van der Waals surface area (Å²) in [5, 5.41) is 2.14. The van der Waals surface area contributed by atoms with E-state index < -0.39 is 5.38 Å². The molecule has 0 aliphatic carbocycles. The second-order valence-corrected chi connectivity index (χ2v) is 4.57. The molecule has 1 atom stereocenters. The van der Waals surface area contributed by atoms with Crippen LogP contribution in [0, 0.1) is 6.92 Å². The second-order valence-electron chi connectivity index (χ2n) is 4.13. The number of amides is 1. The van der Waals surface area contributed by atoms with Crippen LogP contribution in [0.5, 0.6) is 0 Å². The van der Waals surface area contributed by atoms with Crippen molar-refractivity contribution in [3.05, 3.63) is 65.7 Å². The number of benzene rings is 2. The molecule has 0 spiro atoms. The zero-order valence-corrected chi connectivity index (χ0v) is 10.8. The Morgan fingerprint density at radius 3 is 2.50 bits per heavy atom. The van der Waals surface area contributed by atoms with Crippen LogP contribution in [-0.2, 0) is 4.79 Å². The zero-order chi connectivity index (χ0) is 13.0. The number of alkyl halides is 1. The molecule has 0 saturated carbocycles. The highest BCUT2D eigenvalue weighted by molar-refractivity contribution is 6.32. The fraction of sp³-hybridized carbons (Fsp3) is 0.133. The molecule has 0 fully saturated rings. The van der Waals surface area contributed by atoms with Gasteiger partial charge in [0.2, 0.25) is 5.91 Å². The van der Waals surface area contributed by atoms with E-state index in [1.807, 2.05) is 61.5 Å². The molecular weight excluding hydrogens is 246 g/mol. The lowest BCUT2D eigenvalue weighted by Gasteiger charge is -2.11. The lowest BCUT2D eigenvalue weighted by atomic mass is 10.1. The number of hydrogen-bond donors (Lipinski definition) is 1. The molecule has 1 N–H and O–H groups in total. The van der Waals surface area contributed by atoms with E-state index in [0.29, 0.717) is 0 Å². The van der Waals surface area contributed by atoms with Crippen LogP contribution in [0.25, 0.3) is 0 Å². The van der Waals surface area contributed by atoms with E-state index >= 15 is 0 Å². The number of rotatable bonds is 3. The van der Waals surface area contributed by atoms with Gasteiger partial charge in [0.25, 0.3) is 0 Å². The van der Waals surface area contributed by atoms with Crippen LogP contribution in [0.3, 0.4) is 0 Å². The van der Waals surface area contributed by atoms with Crippen molar-refractivity contribution in [3.8, 4) is 0 Å². The monoisotopic (exact) mass is 259 g/mol. The number of carbonyl (C=O) groups is 1. The summed E-state index contributed by atoms with van der Waals surface area (Å²) in [5.74, 6) is -0.214. The number of nitrogens with one attached hydrogen (secondary N) is 1. The first kappa shape index (κ1) is 12.7. The van der Waals surface area contributed by atoms with Gasteiger partial charge in [0, 0.05) is 5.69 Å². The molecule has 92 valence electrons. The third-order valence-corrected chi connectivity index (χ3v) is 3.06. The van der Waals surface area contributed by atoms with E-state index in [9.17, 15) is 4.79 Å². The van der Waals surface area contributed by atoms with E-state index in [2.05, 4.69) is 5.32 Å². The highest BCUT2D eigenvalue weighted by Gasteiger charge is 2.17. The topological polar surface area (TPSA) is 29.1 Å². The van der Waals surface area contributed by atoms with Crippen molar-refractivity contribution in [2.24, 2.45) is 0 Å². The molecule has 0 bridgehead atoms. The molecule has 1 unspecified atom stereocenters. The van der Waals surface area contributed by atoms with Crippen molar-refractivity contribution >= 4 is 23.2 Å². The Morgan fingerprint density at radius 2 is 1.83 bits per heavy atom. The molecule has 3 heteroatoms. The summed E-state index contributed by atoms with van der Waals surface area (Å²) in [4.78, 5) is 12.0. The molecule has 0 aliphatic heterocycles. The average molecular weight is 260 g/mol. The van der Waals surface area contributed by atoms with Gasteiger partial charge >= 0.3 is 0 Å². The first-order chi connectivity index (χ1) is 8.66. The van der Waals surface area contributed by atoms with Crippen LogP contribution in [0.15, 0.2) is 54.6 Å². The smallest absolute Gasteiger partial charge is 0.246 e. The van der Waals surface area contributed by atoms with E-state index in [4.69, 9.17) is 11.6 Å². The van der Waals surface area contributed by atoms with Crippen LogP contribution in [-0.4, -0.2) is 5.91 Å². The molecule has 2 rings (SSSR count). The van der Waals surface area contributed by atoms with Gasteiger partial charge in [-0.2, -0.15) is 0 Å². The molecule has 0 aromatic heterocycles. The second kappa shape index (κ2) is 5.69. The van der Waals surface area contributed by atoms with Crippen molar-refractivity contribution in [1.29, 1.82) is 0 Å². The van der Waals surface area contributed by atoms with Gasteiger partial charge in [-0.05, 0) is 30.2 Å². The fourth-order valence-electron chi connectivity index (χ4n) is 1.70. The predicted octanol–water partition coefficient (Wildman–Crippen LogP) is 3.91. The third-order valence-electron chi connectivity index (χ3n) is 2.61. The molecule has 2 nitrogen and oxygen atoms in total. The Bertz CT molecular complexity index is 539. The first-order valence-electron chi connectivity index (χ1n) is 5.73. The quantitative estimate of drug-likeness (QED) is 0.832. The normalized spacial score (nSPS) is 11.9. The van der Waals surface area contributed by atoms with Gasteiger partial charge in [-0.3, -0.25) is 4.79 Å². The SMILES string of the molecule is Cc1cccc(NC(=O)C(Cl)c2ccccc2)c1. The molecule has 18 heavy (non-hydrogen) atoms. The fourth-order valence-corrected chi connectivity index (χ4v) is 1.90. The maximum atomic E-state index is 12.0. The maximum Gasteiger partial charge on any atom is 0.246 e. The van der Waals surface area contributed by atoms with Crippen molar-refractivity contribution in [2.45, 2.75) is 12.3 Å². The number of carbonyl (C=O) groups excluding carboxylic acids is 1. The summed E-state index contributed by atoms with van der Waals surface area (Å²) in [7, 11) is 0. The molecule has 2 aromatic rings. The molecule has 1 amide bonds. The van der Waals surface area contributed by atoms with Crippen molar-refractivity contribution in [2.75, 3.05) is 5.32 Å². The van der Waals surface area contributed by atoms with Crippen LogP contribution in [0.4, 0.5) is 5.69 Å². The van der Waals surface area contributed by atoms with Gasteiger partial charge in [0.15, 0.2) is 0 Å². The van der Waals surface area contributed by atoms with E-state index in [1.54, 1.807) is 0 Å². The maximum absolute atomic E-state index is 12.0. The molecule has 0 saturated heterocycles. The third kappa shape index (κ3) is 3.11. The van der Waals surface area contributed by atoms with E-state index in [1.165, 1.54) is 0 Å². The lowest BCUT2D eigenvalue weighted by molar-refractivity contribution is -0.116. The van der Waals surface area contributed by atoms with Crippen LogP contribution in [0.2, 0.25) is 0 Å². The van der Waals surface area contributed by atoms with E-state index in [0.717, 1.165) is 16.8 Å². The Balaban J connectivity index is 2.09. The van der Waals surface area contributed by atoms with Crippen molar-refractivity contribution in [3.63, 3.8) is 0 Å². The molecule has 0 aliphatic rings. The summed E-state index contributed by atoms with van der Waals surface area (Å²) in [6.07, 6.45) is 0. The van der Waals surface area contributed by atoms with Gasteiger partial charge in [0.1, 0.15) is 5.38 Å². The minimum Gasteiger partial charge on any atom is -0.325 e. The van der Waals surface area contributed by atoms with E-state index in [-0.39, 0.29) is 5.91 Å². The summed E-state index contributed by atoms with van der Waals surface area (Å²) < 4.78 is 0. The average Bonchev–Trinajstić information content (AvgIpc) is 2.39. The van der Waals surface area contributed by atoms with Crippen molar-refractivity contribution < 1.29 is 4.79 Å². The number of hydrogen-bond acceptors (Lipinski definition) is 1. The molecular formula is C15H14ClNO. The van der Waals surface area contributed by atoms with Crippen LogP contribution in [0.1, 0.15) is 16.5 Å². The van der Waals surface area contributed by atoms with Crippen molar-refractivity contribution in [1.82, 2.24) is 0 Å². The minimum atomic E-state index is -0.674. The summed E-state index contributed by atoms with van der Waals surface area (Å²) in [6, 6.07) is 16.9. The number of aryl methyl sites for hydroxylation is 1. The Morgan fingerprint density at radius 1 is 1.11 bits per heavy atom. The predicted molar refractivity (Wildman–Crippen MR) is 74.8 cm³/mol. The van der Waals surface area contributed by atoms with Gasteiger partial charge in [-0.1, -0.05) is 42.5 Å². The highest BCUT2D eigenvalue weighted by atomic mass is 35.5. The Kier molecular flexibility index (Phi) is 4.00. The summed E-state index contributed by atoms with van der Waals surface area (Å²) in [6.45, 7) is 1.98. The molecule has 0 radical (unpaired) electrons. The van der Waals surface area contributed by atoms with Gasteiger partial charge in [-0.25, -0.2) is 0 Å². The standard InChI is InChI=1S/C15H14ClNO/c1-11-6-5-9-13(10-11)17-15(18)14(16)12-7-3-2-4-8-12/h2-10,14H,1H3,(H,17,18).